The quantitative estimate of drug-likeness (QED) is 0.438. The zero-order chi connectivity index (χ0) is 22.1. The van der Waals surface area contributed by atoms with Crippen LogP contribution in [0, 0.1) is 5.92 Å². The third kappa shape index (κ3) is 3.75. The maximum Gasteiger partial charge on any atom is 0.261 e. The number of nitrogens with zero attached hydrogens (tertiary/aromatic N) is 6. The molecule has 1 fully saturated rings. The lowest BCUT2D eigenvalue weighted by Crippen LogP contribution is -2.28. The molecule has 0 bridgehead atoms. The molecule has 1 saturated carbocycles. The Labute approximate surface area is 186 Å². The van der Waals surface area contributed by atoms with Gasteiger partial charge in [0.15, 0.2) is 5.82 Å². The summed E-state index contributed by atoms with van der Waals surface area (Å²) in [6, 6.07) is 7.81. The molecular weight excluding hydrogens is 404 g/mol. The first kappa shape index (κ1) is 20.3. The number of nitrogen functional groups attached to an aromatic ring is 1. The summed E-state index contributed by atoms with van der Waals surface area (Å²) >= 11 is 0. The van der Waals surface area contributed by atoms with Crippen molar-refractivity contribution in [2.24, 2.45) is 5.92 Å². The second-order valence-corrected chi connectivity index (χ2v) is 8.40. The number of anilines is 1. The third-order valence-electron chi connectivity index (χ3n) is 6.20. The predicted octanol–water partition coefficient (Wildman–Crippen LogP) is 2.91. The highest BCUT2D eigenvalue weighted by atomic mass is 16.5. The standard InChI is InChI=1S/C23H26N8O/c1-23(17-4-5-17,18-6-7-19(26-13-18)15-3-8-20(24)27-11-15)22-29-21(32-30-22)16-12-28-31(14-16)10-9-25-2/h3,6-8,11-14,17,25H,4-5,9-10H2,1-2H3,(H2,24,27). The molecule has 4 aromatic rings. The Balaban J connectivity index is 1.43. The second kappa shape index (κ2) is 8.16. The molecule has 0 radical (unpaired) electrons. The van der Waals surface area contributed by atoms with Gasteiger partial charge in [-0.05, 0) is 56.5 Å². The maximum atomic E-state index is 5.69. The number of pyridine rings is 2. The van der Waals surface area contributed by atoms with Crippen LogP contribution in [0.1, 0.15) is 31.2 Å². The van der Waals surface area contributed by atoms with Gasteiger partial charge >= 0.3 is 0 Å². The van der Waals surface area contributed by atoms with Gasteiger partial charge in [-0.1, -0.05) is 11.2 Å². The van der Waals surface area contributed by atoms with Crippen LogP contribution >= 0.6 is 0 Å². The van der Waals surface area contributed by atoms with E-state index >= 15 is 0 Å². The summed E-state index contributed by atoms with van der Waals surface area (Å²) in [6.07, 6.45) is 9.60. The number of aromatic nitrogens is 6. The Bertz CT molecular complexity index is 1190. The summed E-state index contributed by atoms with van der Waals surface area (Å²) < 4.78 is 7.51. The average molecular weight is 431 g/mol. The van der Waals surface area contributed by atoms with E-state index in [9.17, 15) is 0 Å². The first-order chi connectivity index (χ1) is 15.6. The lowest BCUT2D eigenvalue weighted by Gasteiger charge is -2.26. The topological polar surface area (TPSA) is 121 Å². The average Bonchev–Trinajstić information content (AvgIpc) is 3.37. The monoisotopic (exact) mass is 430 g/mol. The number of likely N-dealkylation sites (N-methyl/N-ethyl adjacent to an activating group) is 1. The summed E-state index contributed by atoms with van der Waals surface area (Å²) in [6.45, 7) is 3.79. The first-order valence-corrected chi connectivity index (χ1v) is 10.8. The van der Waals surface area contributed by atoms with Crippen LogP contribution in [0.15, 0.2) is 53.6 Å². The molecular formula is C23H26N8O. The number of rotatable bonds is 8. The number of hydrogen-bond donors (Lipinski definition) is 2. The highest BCUT2D eigenvalue weighted by molar-refractivity contribution is 5.59. The molecule has 4 heterocycles. The number of nitrogens with two attached hydrogens (primary N) is 1. The third-order valence-corrected chi connectivity index (χ3v) is 6.20. The van der Waals surface area contributed by atoms with Crippen molar-refractivity contribution in [1.29, 1.82) is 0 Å². The van der Waals surface area contributed by atoms with Crippen molar-refractivity contribution in [3.8, 4) is 22.7 Å². The molecule has 0 saturated heterocycles. The molecule has 0 aliphatic heterocycles. The first-order valence-electron chi connectivity index (χ1n) is 10.8. The van der Waals surface area contributed by atoms with E-state index in [1.807, 2.05) is 36.3 Å². The van der Waals surface area contributed by atoms with Gasteiger partial charge in [0.1, 0.15) is 5.82 Å². The lowest BCUT2D eigenvalue weighted by atomic mass is 9.77. The Hall–Kier alpha value is -3.59. The van der Waals surface area contributed by atoms with Crippen LogP contribution < -0.4 is 11.1 Å². The molecule has 0 amide bonds. The molecule has 0 spiro atoms. The van der Waals surface area contributed by atoms with Crippen molar-refractivity contribution >= 4 is 5.82 Å². The van der Waals surface area contributed by atoms with E-state index in [1.165, 1.54) is 0 Å². The molecule has 4 aromatic heterocycles. The highest BCUT2D eigenvalue weighted by Crippen LogP contribution is 2.50. The van der Waals surface area contributed by atoms with Crippen LogP contribution in [0.5, 0.6) is 0 Å². The molecule has 1 atom stereocenters. The molecule has 164 valence electrons. The molecule has 0 aromatic carbocycles. The fourth-order valence-corrected chi connectivity index (χ4v) is 4.01. The molecule has 9 heteroatoms. The van der Waals surface area contributed by atoms with Gasteiger partial charge in [0, 0.05) is 30.7 Å². The van der Waals surface area contributed by atoms with Gasteiger partial charge in [-0.25, -0.2) is 4.98 Å². The highest BCUT2D eigenvalue weighted by Gasteiger charge is 2.47. The Morgan fingerprint density at radius 3 is 2.69 bits per heavy atom. The molecule has 5 rings (SSSR count). The smallest absolute Gasteiger partial charge is 0.261 e. The fraction of sp³-hybridized carbons (Fsp3) is 0.348. The summed E-state index contributed by atoms with van der Waals surface area (Å²) in [5.74, 6) is 2.12. The van der Waals surface area contributed by atoms with Crippen molar-refractivity contribution in [3.63, 3.8) is 0 Å². The largest absolute Gasteiger partial charge is 0.384 e. The molecule has 3 N–H and O–H groups in total. The predicted molar refractivity (Wildman–Crippen MR) is 121 cm³/mol. The van der Waals surface area contributed by atoms with Gasteiger partial charge in [0.2, 0.25) is 0 Å². The SMILES string of the molecule is CNCCn1cc(-c2nc(C(C)(c3ccc(-c4ccc(N)nc4)nc3)C3CC3)no2)cn1. The minimum absolute atomic E-state index is 0.366. The minimum atomic E-state index is -0.366. The molecule has 1 aliphatic rings. The lowest BCUT2D eigenvalue weighted by molar-refractivity contribution is 0.386. The van der Waals surface area contributed by atoms with Gasteiger partial charge < -0.3 is 15.6 Å². The summed E-state index contributed by atoms with van der Waals surface area (Å²) in [5.41, 5.74) is 9.00. The van der Waals surface area contributed by atoms with E-state index in [0.717, 1.165) is 48.3 Å². The van der Waals surface area contributed by atoms with E-state index in [0.29, 0.717) is 23.5 Å². The second-order valence-electron chi connectivity index (χ2n) is 8.40. The molecule has 9 nitrogen and oxygen atoms in total. The van der Waals surface area contributed by atoms with E-state index in [-0.39, 0.29) is 5.41 Å². The Morgan fingerprint density at radius 1 is 1.12 bits per heavy atom. The number of nitrogens with one attached hydrogen (secondary N) is 1. The normalized spacial score (nSPS) is 15.6. The van der Waals surface area contributed by atoms with Crippen molar-refractivity contribution < 1.29 is 4.52 Å². The summed E-state index contributed by atoms with van der Waals surface area (Å²) in [4.78, 5) is 13.6. The van der Waals surface area contributed by atoms with Gasteiger partial charge in [0.05, 0.1) is 29.4 Å². The summed E-state index contributed by atoms with van der Waals surface area (Å²) in [5, 5.41) is 11.9. The number of hydrogen-bond acceptors (Lipinski definition) is 8. The van der Waals surface area contributed by atoms with Crippen LogP contribution in [-0.4, -0.2) is 43.5 Å². The van der Waals surface area contributed by atoms with Crippen LogP contribution in [0.25, 0.3) is 22.7 Å². The molecule has 1 unspecified atom stereocenters. The molecule has 32 heavy (non-hydrogen) atoms. The summed E-state index contributed by atoms with van der Waals surface area (Å²) in [7, 11) is 1.92. The zero-order valence-corrected chi connectivity index (χ0v) is 18.2. The van der Waals surface area contributed by atoms with Crippen LogP contribution in [0.3, 0.4) is 0 Å². The van der Waals surface area contributed by atoms with Gasteiger partial charge in [-0.2, -0.15) is 10.1 Å². The van der Waals surface area contributed by atoms with Gasteiger partial charge in [-0.15, -0.1) is 0 Å². The minimum Gasteiger partial charge on any atom is -0.384 e. The molecule has 1 aliphatic carbocycles. The van der Waals surface area contributed by atoms with Crippen molar-refractivity contribution in [2.45, 2.75) is 31.7 Å². The van der Waals surface area contributed by atoms with Crippen LogP contribution in [-0.2, 0) is 12.0 Å². The van der Waals surface area contributed by atoms with Crippen molar-refractivity contribution in [3.05, 3.63) is 60.4 Å². The zero-order valence-electron chi connectivity index (χ0n) is 18.2. The van der Waals surface area contributed by atoms with E-state index < -0.39 is 0 Å². The fourth-order valence-electron chi connectivity index (χ4n) is 4.01. The van der Waals surface area contributed by atoms with Crippen LogP contribution in [0.2, 0.25) is 0 Å². The van der Waals surface area contributed by atoms with Gasteiger partial charge in [-0.3, -0.25) is 9.67 Å². The van der Waals surface area contributed by atoms with Crippen molar-refractivity contribution in [1.82, 2.24) is 35.2 Å². The Morgan fingerprint density at radius 2 is 2.00 bits per heavy atom. The van der Waals surface area contributed by atoms with E-state index in [4.69, 9.17) is 20.2 Å². The maximum absolute atomic E-state index is 5.69. The van der Waals surface area contributed by atoms with Gasteiger partial charge in [0.25, 0.3) is 5.89 Å². The van der Waals surface area contributed by atoms with Crippen LogP contribution in [0.4, 0.5) is 5.82 Å². The van der Waals surface area contributed by atoms with E-state index in [1.54, 1.807) is 18.5 Å². The Kier molecular flexibility index (Phi) is 5.18. The van der Waals surface area contributed by atoms with E-state index in [2.05, 4.69) is 33.5 Å². The van der Waals surface area contributed by atoms with Crippen molar-refractivity contribution in [2.75, 3.05) is 19.3 Å².